The zero-order valence-corrected chi connectivity index (χ0v) is 18.8. The van der Waals surface area contributed by atoms with E-state index in [1.54, 1.807) is 28.6 Å². The van der Waals surface area contributed by atoms with Crippen molar-refractivity contribution in [3.8, 4) is 0 Å². The van der Waals surface area contributed by atoms with Crippen molar-refractivity contribution in [1.29, 1.82) is 0 Å². The zero-order valence-electron chi connectivity index (χ0n) is 18.0. The Kier molecular flexibility index (Phi) is 5.41. The Balaban J connectivity index is 1.58. The predicted molar refractivity (Wildman–Crippen MR) is 118 cm³/mol. The van der Waals surface area contributed by atoms with Gasteiger partial charge in [-0.15, -0.1) is 11.8 Å². The lowest BCUT2D eigenvalue weighted by atomic mass is 9.78. The second kappa shape index (κ2) is 7.96. The molecule has 7 nitrogen and oxygen atoms in total. The van der Waals surface area contributed by atoms with Gasteiger partial charge in [-0.1, -0.05) is 43.6 Å². The number of amides is 3. The molecule has 168 valence electrons. The minimum absolute atomic E-state index is 0.0186. The number of nitrogens with zero attached hydrogens (tertiary/aromatic N) is 3. The molecule has 4 heterocycles. The number of rotatable bonds is 3. The maximum atomic E-state index is 14.0. The fraction of sp³-hybridized carbons (Fsp3) is 0.696. The van der Waals surface area contributed by atoms with Crippen molar-refractivity contribution < 1.29 is 19.5 Å². The van der Waals surface area contributed by atoms with E-state index < -0.39 is 22.6 Å². The third-order valence-electron chi connectivity index (χ3n) is 7.75. The monoisotopic (exact) mass is 445 g/mol. The molecule has 0 aromatic carbocycles. The number of β-amino-alcohol motifs (C(OH)–C–C–N with tert-alkyl or cyclic N) is 1. The van der Waals surface area contributed by atoms with E-state index in [2.05, 4.69) is 6.08 Å². The van der Waals surface area contributed by atoms with E-state index in [9.17, 15) is 19.5 Å². The molecule has 31 heavy (non-hydrogen) atoms. The molecule has 4 aliphatic heterocycles. The molecule has 1 unspecified atom stereocenters. The number of aliphatic hydroxyl groups is 1. The van der Waals surface area contributed by atoms with Crippen molar-refractivity contribution in [2.24, 2.45) is 11.8 Å². The summed E-state index contributed by atoms with van der Waals surface area (Å²) in [5, 5.41) is 9.59. The highest BCUT2D eigenvalue weighted by molar-refractivity contribution is 8.02. The number of hydrogen-bond donors (Lipinski definition) is 1. The quantitative estimate of drug-likeness (QED) is 0.657. The van der Waals surface area contributed by atoms with Gasteiger partial charge in [0.1, 0.15) is 6.04 Å². The van der Waals surface area contributed by atoms with E-state index in [1.165, 1.54) is 6.42 Å². The summed E-state index contributed by atoms with van der Waals surface area (Å²) in [6, 6.07) is -0.461. The van der Waals surface area contributed by atoms with Crippen LogP contribution in [-0.2, 0) is 14.4 Å². The average Bonchev–Trinajstić information content (AvgIpc) is 3.08. The van der Waals surface area contributed by atoms with Crippen LogP contribution in [0.2, 0.25) is 0 Å². The molecule has 1 saturated carbocycles. The minimum Gasteiger partial charge on any atom is -0.395 e. The Labute approximate surface area is 187 Å². The molecule has 5 atom stereocenters. The Morgan fingerprint density at radius 1 is 1.06 bits per heavy atom. The molecule has 0 aromatic rings. The lowest BCUT2D eigenvalue weighted by Crippen LogP contribution is -2.55. The summed E-state index contributed by atoms with van der Waals surface area (Å²) in [7, 11) is 1.77. The van der Waals surface area contributed by atoms with E-state index in [1.807, 2.05) is 23.1 Å². The highest BCUT2D eigenvalue weighted by Crippen LogP contribution is 2.61. The molecule has 3 fully saturated rings. The van der Waals surface area contributed by atoms with Gasteiger partial charge in [0.25, 0.3) is 0 Å². The van der Waals surface area contributed by atoms with Crippen LogP contribution in [0.25, 0.3) is 0 Å². The Morgan fingerprint density at radius 3 is 2.58 bits per heavy atom. The van der Waals surface area contributed by atoms with E-state index in [-0.39, 0.29) is 42.2 Å². The summed E-state index contributed by atoms with van der Waals surface area (Å²) in [4.78, 5) is 46.2. The topological polar surface area (TPSA) is 81.2 Å². The van der Waals surface area contributed by atoms with Crippen LogP contribution in [-0.4, -0.2) is 92.9 Å². The molecular formula is C23H31N3O4S. The van der Waals surface area contributed by atoms with Gasteiger partial charge in [-0.05, 0) is 12.8 Å². The maximum absolute atomic E-state index is 14.0. The van der Waals surface area contributed by atoms with Crippen LogP contribution < -0.4 is 0 Å². The van der Waals surface area contributed by atoms with Gasteiger partial charge in [0, 0.05) is 38.0 Å². The van der Waals surface area contributed by atoms with Crippen LogP contribution in [0.5, 0.6) is 0 Å². The second-order valence-electron chi connectivity index (χ2n) is 9.43. The second-order valence-corrected chi connectivity index (χ2v) is 10.9. The molecule has 1 aliphatic carbocycles. The van der Waals surface area contributed by atoms with Crippen LogP contribution in [0.3, 0.4) is 0 Å². The van der Waals surface area contributed by atoms with Gasteiger partial charge in [0.15, 0.2) is 0 Å². The normalized spacial score (nSPS) is 38.3. The molecule has 0 radical (unpaired) electrons. The van der Waals surface area contributed by atoms with Crippen LogP contribution in [0.4, 0.5) is 0 Å². The van der Waals surface area contributed by atoms with Gasteiger partial charge in [-0.25, -0.2) is 0 Å². The van der Waals surface area contributed by atoms with Gasteiger partial charge in [0.2, 0.25) is 17.7 Å². The molecule has 8 heteroatoms. The number of likely N-dealkylation sites (N-methyl/N-ethyl adjacent to an activating group) is 1. The number of aliphatic hydroxyl groups excluding tert-OH is 1. The Hall–Kier alpha value is -1.80. The first-order valence-corrected chi connectivity index (χ1v) is 12.4. The first-order valence-electron chi connectivity index (χ1n) is 11.5. The standard InChI is InChI=1S/C23H31N3O4S/c1-24-11-5-9-16-17(20(24)28)18-21(29)26(13-14-27)19-22(30)25(15-7-3-2-4-8-15)12-6-10-23(18,19)31-16/h5-6,9-10,15-19,27H,2-4,7-8,11-14H2,1H3/t16-,17+,18-,19?,23-/m0/s1. The summed E-state index contributed by atoms with van der Waals surface area (Å²) in [6.07, 6.45) is 13.6. The van der Waals surface area contributed by atoms with Crippen molar-refractivity contribution in [2.45, 2.75) is 54.2 Å². The summed E-state index contributed by atoms with van der Waals surface area (Å²) in [5.74, 6) is -1.28. The number of hydrogen-bond acceptors (Lipinski definition) is 5. The van der Waals surface area contributed by atoms with Crippen molar-refractivity contribution in [1.82, 2.24) is 14.7 Å². The van der Waals surface area contributed by atoms with Gasteiger partial charge in [-0.2, -0.15) is 0 Å². The van der Waals surface area contributed by atoms with Crippen LogP contribution in [0.15, 0.2) is 24.3 Å². The largest absolute Gasteiger partial charge is 0.395 e. The van der Waals surface area contributed by atoms with Crippen molar-refractivity contribution in [3.05, 3.63) is 24.3 Å². The van der Waals surface area contributed by atoms with E-state index in [4.69, 9.17) is 0 Å². The molecule has 0 bridgehead atoms. The first kappa shape index (κ1) is 21.1. The zero-order chi connectivity index (χ0) is 21.8. The van der Waals surface area contributed by atoms with Gasteiger partial charge < -0.3 is 19.8 Å². The smallest absolute Gasteiger partial charge is 0.247 e. The van der Waals surface area contributed by atoms with Crippen molar-refractivity contribution in [2.75, 3.05) is 33.3 Å². The maximum Gasteiger partial charge on any atom is 0.247 e. The number of likely N-dealkylation sites (tertiary alicyclic amines) is 1. The van der Waals surface area contributed by atoms with Crippen LogP contribution in [0, 0.1) is 11.8 Å². The lowest BCUT2D eigenvalue weighted by molar-refractivity contribution is -0.145. The first-order chi connectivity index (χ1) is 15.0. The lowest BCUT2D eigenvalue weighted by Gasteiger charge is -2.39. The van der Waals surface area contributed by atoms with Crippen molar-refractivity contribution in [3.63, 3.8) is 0 Å². The summed E-state index contributed by atoms with van der Waals surface area (Å²) < 4.78 is -0.764. The molecule has 5 rings (SSSR count). The predicted octanol–water partition coefficient (Wildman–Crippen LogP) is 1.04. The fourth-order valence-corrected chi connectivity index (χ4v) is 8.36. The molecule has 1 N–H and O–H groups in total. The molecule has 5 aliphatic rings. The molecule has 1 spiro atoms. The number of thioether (sulfide) groups is 1. The van der Waals surface area contributed by atoms with Crippen LogP contribution >= 0.6 is 11.8 Å². The van der Waals surface area contributed by atoms with Gasteiger partial charge in [-0.3, -0.25) is 14.4 Å². The molecule has 3 amide bonds. The number of fused-ring (bicyclic) bond motifs is 2. The third-order valence-corrected chi connectivity index (χ3v) is 9.49. The highest BCUT2D eigenvalue weighted by atomic mass is 32.2. The summed E-state index contributed by atoms with van der Waals surface area (Å²) >= 11 is 1.60. The Bertz CT molecular complexity index is 839. The fourth-order valence-electron chi connectivity index (χ4n) is 6.35. The van der Waals surface area contributed by atoms with E-state index >= 15 is 0 Å². The Morgan fingerprint density at radius 2 is 1.84 bits per heavy atom. The molecule has 2 saturated heterocycles. The molecular weight excluding hydrogens is 414 g/mol. The SMILES string of the molecule is CN1CC=C[C@@H]2S[C@]34C=CCN(C5CCCCC5)C(=O)C3N(CCO)C(=O)[C@@H]4[C@@H]2C1=O. The highest BCUT2D eigenvalue weighted by Gasteiger charge is 2.70. The minimum atomic E-state index is -0.764. The van der Waals surface area contributed by atoms with E-state index in [0.29, 0.717) is 13.1 Å². The van der Waals surface area contributed by atoms with Gasteiger partial charge in [0.05, 0.1) is 23.2 Å². The summed E-state index contributed by atoms with van der Waals surface area (Å²) in [5.41, 5.74) is 0. The summed E-state index contributed by atoms with van der Waals surface area (Å²) in [6.45, 7) is 1.01. The van der Waals surface area contributed by atoms with Crippen LogP contribution in [0.1, 0.15) is 32.1 Å². The average molecular weight is 446 g/mol. The number of carbonyl (C=O) groups is 3. The third kappa shape index (κ3) is 3.09. The van der Waals surface area contributed by atoms with Gasteiger partial charge >= 0.3 is 0 Å². The molecule has 0 aromatic heterocycles. The van der Waals surface area contributed by atoms with E-state index in [0.717, 1.165) is 25.7 Å². The number of carbonyl (C=O) groups excluding carboxylic acids is 3. The van der Waals surface area contributed by atoms with Crippen molar-refractivity contribution >= 4 is 29.5 Å².